The molecular formula is C20H18BNO4. The van der Waals surface area contributed by atoms with Gasteiger partial charge in [-0.1, -0.05) is 41.9 Å². The summed E-state index contributed by atoms with van der Waals surface area (Å²) in [6.45, 7) is 1.10. The summed E-state index contributed by atoms with van der Waals surface area (Å²) in [5, 5.41) is 0. The zero-order valence-corrected chi connectivity index (χ0v) is 14.5. The number of imide groups is 1. The van der Waals surface area contributed by atoms with E-state index >= 15 is 0 Å². The van der Waals surface area contributed by atoms with Gasteiger partial charge < -0.3 is 9.47 Å². The van der Waals surface area contributed by atoms with Crippen molar-refractivity contribution in [2.24, 2.45) is 0 Å². The molecule has 1 spiro atoms. The molecule has 5 rings (SSSR count). The Bertz CT molecular complexity index is 875. The number of hydrogen-bond acceptors (Lipinski definition) is 4. The van der Waals surface area contributed by atoms with E-state index in [1.54, 1.807) is 24.3 Å². The normalized spacial score (nSPS) is 22.5. The van der Waals surface area contributed by atoms with E-state index in [1.165, 1.54) is 4.90 Å². The minimum atomic E-state index is -0.731. The van der Waals surface area contributed by atoms with E-state index < -0.39 is 11.3 Å². The van der Waals surface area contributed by atoms with Crippen LogP contribution in [-0.4, -0.2) is 43.6 Å². The molecular weight excluding hydrogens is 329 g/mol. The maximum atomic E-state index is 13.1. The van der Waals surface area contributed by atoms with Crippen molar-refractivity contribution in [3.63, 3.8) is 0 Å². The van der Waals surface area contributed by atoms with Crippen LogP contribution < -0.4 is 5.46 Å². The number of amides is 2. The van der Waals surface area contributed by atoms with Crippen LogP contribution in [0.25, 0.3) is 0 Å². The molecule has 0 atom stereocenters. The quantitative estimate of drug-likeness (QED) is 0.600. The van der Waals surface area contributed by atoms with Crippen LogP contribution in [0.1, 0.15) is 39.1 Å². The van der Waals surface area contributed by atoms with Crippen LogP contribution in [0, 0.1) is 0 Å². The number of carbonyl (C=O) groups excluding carboxylic acids is 2. The maximum Gasteiger partial charge on any atom is 0.262 e. The van der Waals surface area contributed by atoms with Crippen LogP contribution in [-0.2, 0) is 15.0 Å². The largest absolute Gasteiger partial charge is 0.347 e. The highest BCUT2D eigenvalue weighted by Crippen LogP contribution is 2.57. The topological polar surface area (TPSA) is 55.8 Å². The van der Waals surface area contributed by atoms with Crippen LogP contribution in [0.4, 0.5) is 0 Å². The first-order chi connectivity index (χ1) is 12.5. The van der Waals surface area contributed by atoms with Gasteiger partial charge in [0.2, 0.25) is 0 Å². The summed E-state index contributed by atoms with van der Waals surface area (Å²) in [5.74, 6) is -1.15. The minimum absolute atomic E-state index is 0.237. The fourth-order valence-corrected chi connectivity index (χ4v) is 4.47. The van der Waals surface area contributed by atoms with Gasteiger partial charge >= 0.3 is 0 Å². The second-order valence-corrected chi connectivity index (χ2v) is 7.35. The van der Waals surface area contributed by atoms with Crippen molar-refractivity contribution >= 4 is 25.1 Å². The van der Waals surface area contributed by atoms with Crippen molar-refractivity contribution in [2.45, 2.75) is 24.2 Å². The Morgan fingerprint density at radius 2 is 1.38 bits per heavy atom. The predicted molar refractivity (Wildman–Crippen MR) is 97.1 cm³/mol. The van der Waals surface area contributed by atoms with E-state index in [0.29, 0.717) is 37.2 Å². The number of carbonyl (C=O) groups is 2. The van der Waals surface area contributed by atoms with Crippen LogP contribution in [0.15, 0.2) is 48.5 Å². The molecule has 1 aliphatic carbocycles. The molecule has 0 unspecified atom stereocenters. The summed E-state index contributed by atoms with van der Waals surface area (Å²) in [6, 6.07) is 15.0. The molecule has 3 aliphatic rings. The number of ether oxygens (including phenoxy) is 2. The van der Waals surface area contributed by atoms with Gasteiger partial charge in [0, 0.05) is 12.8 Å². The second kappa shape index (κ2) is 5.28. The minimum Gasteiger partial charge on any atom is -0.347 e. The van der Waals surface area contributed by atoms with Gasteiger partial charge in [-0.2, -0.15) is 0 Å². The Kier molecular flexibility index (Phi) is 3.21. The van der Waals surface area contributed by atoms with Crippen molar-refractivity contribution < 1.29 is 19.1 Å². The van der Waals surface area contributed by atoms with Crippen molar-refractivity contribution in [1.29, 1.82) is 0 Å². The number of rotatable bonds is 2. The molecule has 1 saturated heterocycles. The van der Waals surface area contributed by atoms with Crippen LogP contribution in [0.2, 0.25) is 0 Å². The van der Waals surface area contributed by atoms with Gasteiger partial charge in [-0.15, -0.1) is 0 Å². The smallest absolute Gasteiger partial charge is 0.262 e. The molecule has 0 radical (unpaired) electrons. The molecule has 26 heavy (non-hydrogen) atoms. The lowest BCUT2D eigenvalue weighted by Crippen LogP contribution is -2.65. The summed E-state index contributed by atoms with van der Waals surface area (Å²) in [7, 11) is 2.02. The fourth-order valence-electron chi connectivity index (χ4n) is 4.47. The molecule has 2 fully saturated rings. The van der Waals surface area contributed by atoms with Crippen molar-refractivity contribution in [3.8, 4) is 0 Å². The molecule has 0 aromatic heterocycles. The first-order valence-corrected chi connectivity index (χ1v) is 8.88. The van der Waals surface area contributed by atoms with Gasteiger partial charge in [-0.3, -0.25) is 14.5 Å². The Labute approximate surface area is 152 Å². The van der Waals surface area contributed by atoms with Crippen LogP contribution in [0.5, 0.6) is 0 Å². The molecule has 6 heteroatoms. The van der Waals surface area contributed by atoms with E-state index in [9.17, 15) is 9.59 Å². The third-order valence-corrected chi connectivity index (χ3v) is 5.75. The third kappa shape index (κ3) is 2.00. The average Bonchev–Trinajstić information content (AvgIpc) is 3.19. The van der Waals surface area contributed by atoms with E-state index in [-0.39, 0.29) is 11.8 Å². The summed E-state index contributed by atoms with van der Waals surface area (Å²) in [4.78, 5) is 27.7. The number of hydrogen-bond donors (Lipinski definition) is 0. The van der Waals surface area contributed by atoms with E-state index in [1.807, 2.05) is 32.1 Å². The van der Waals surface area contributed by atoms with Gasteiger partial charge in [0.05, 0.1) is 29.9 Å². The maximum absolute atomic E-state index is 13.1. The molecule has 2 amide bonds. The van der Waals surface area contributed by atoms with E-state index in [2.05, 4.69) is 0 Å². The SMILES string of the molecule is Bc1ccc(C2(N3C(=O)c4ccccc4C3=O)CC3(C2)OCCO3)cc1. The van der Waals surface area contributed by atoms with Crippen molar-refractivity contribution in [3.05, 3.63) is 65.2 Å². The highest BCUT2D eigenvalue weighted by Gasteiger charge is 2.65. The Hall–Kier alpha value is -2.44. The number of benzene rings is 2. The highest BCUT2D eigenvalue weighted by atomic mass is 16.7. The number of nitrogens with zero attached hydrogens (tertiary/aromatic N) is 1. The first-order valence-electron chi connectivity index (χ1n) is 8.88. The van der Waals surface area contributed by atoms with Gasteiger partial charge in [0.25, 0.3) is 11.8 Å². The lowest BCUT2D eigenvalue weighted by Gasteiger charge is -2.56. The molecule has 5 nitrogen and oxygen atoms in total. The Morgan fingerprint density at radius 1 is 0.846 bits per heavy atom. The molecule has 0 bridgehead atoms. The summed E-state index contributed by atoms with van der Waals surface area (Å²) in [6.07, 6.45) is 0.934. The zero-order chi connectivity index (χ0) is 17.9. The molecule has 0 N–H and O–H groups in total. The van der Waals surface area contributed by atoms with Gasteiger partial charge in [-0.05, 0) is 17.7 Å². The standard InChI is InChI=1S/C20H18BNO4/c21-14-7-5-13(6-8-14)19(11-20(12-19)25-9-10-26-20)22-17(23)15-3-1-2-4-16(15)18(22)24/h1-8H,9-12,21H2. The summed E-state index contributed by atoms with van der Waals surface area (Å²) in [5.41, 5.74) is 2.29. The van der Waals surface area contributed by atoms with Crippen molar-refractivity contribution in [2.75, 3.05) is 13.2 Å². The first kappa shape index (κ1) is 15.8. The third-order valence-electron chi connectivity index (χ3n) is 5.75. The number of fused-ring (bicyclic) bond motifs is 1. The second-order valence-electron chi connectivity index (χ2n) is 7.35. The average molecular weight is 347 g/mol. The molecule has 2 aromatic carbocycles. The Balaban J connectivity index is 1.61. The molecule has 130 valence electrons. The van der Waals surface area contributed by atoms with E-state index in [4.69, 9.17) is 9.47 Å². The summed E-state index contributed by atoms with van der Waals surface area (Å²) < 4.78 is 11.6. The van der Waals surface area contributed by atoms with Gasteiger partial charge in [-0.25, -0.2) is 0 Å². The lowest BCUT2D eigenvalue weighted by atomic mass is 9.65. The molecule has 2 aromatic rings. The van der Waals surface area contributed by atoms with Crippen LogP contribution in [0.3, 0.4) is 0 Å². The molecule has 1 saturated carbocycles. The zero-order valence-electron chi connectivity index (χ0n) is 14.5. The summed E-state index contributed by atoms with van der Waals surface area (Å²) >= 11 is 0. The predicted octanol–water partition coefficient (Wildman–Crippen LogP) is 0.973. The van der Waals surface area contributed by atoms with Crippen LogP contribution >= 0.6 is 0 Å². The van der Waals surface area contributed by atoms with Crippen molar-refractivity contribution in [1.82, 2.24) is 4.90 Å². The van der Waals surface area contributed by atoms with Gasteiger partial charge in [0.1, 0.15) is 7.85 Å². The lowest BCUT2D eigenvalue weighted by molar-refractivity contribution is -0.258. The fraction of sp³-hybridized carbons (Fsp3) is 0.300. The highest BCUT2D eigenvalue weighted by molar-refractivity contribution is 6.32. The van der Waals surface area contributed by atoms with Gasteiger partial charge in [0.15, 0.2) is 5.79 Å². The molecule has 2 heterocycles. The monoisotopic (exact) mass is 347 g/mol. The molecule has 2 aliphatic heterocycles. The van der Waals surface area contributed by atoms with E-state index in [0.717, 1.165) is 11.0 Å². The Morgan fingerprint density at radius 3 is 1.92 bits per heavy atom.